The minimum atomic E-state index is 0.493. The summed E-state index contributed by atoms with van der Waals surface area (Å²) in [6, 6.07) is 10.1. The lowest BCUT2D eigenvalue weighted by Crippen LogP contribution is -2.41. The molecule has 1 aliphatic heterocycles. The molecule has 2 atom stereocenters. The fourth-order valence-electron chi connectivity index (χ4n) is 3.70. The molecule has 2 nitrogen and oxygen atoms in total. The van der Waals surface area contributed by atoms with Gasteiger partial charge in [0.1, 0.15) is 0 Å². The number of hydrogen-bond acceptors (Lipinski definition) is 2. The van der Waals surface area contributed by atoms with Gasteiger partial charge in [-0.1, -0.05) is 38.1 Å². The molecule has 1 aromatic carbocycles. The minimum Gasteiger partial charge on any atom is -0.312 e. The second kappa shape index (κ2) is 4.36. The van der Waals surface area contributed by atoms with E-state index in [4.69, 9.17) is 0 Å². The van der Waals surface area contributed by atoms with E-state index >= 15 is 0 Å². The van der Waals surface area contributed by atoms with E-state index in [1.165, 1.54) is 37.1 Å². The second-order valence-electron chi connectivity index (χ2n) is 6.62. The Labute approximate surface area is 110 Å². The Hall–Kier alpha value is -0.860. The largest absolute Gasteiger partial charge is 0.312 e. The fourth-order valence-corrected chi connectivity index (χ4v) is 3.70. The number of fused-ring (bicyclic) bond motifs is 1. The molecule has 0 spiro atoms. The van der Waals surface area contributed by atoms with Crippen LogP contribution in [-0.4, -0.2) is 31.1 Å². The SMILES string of the molecule is CNC1c2ccccc2CC1N1CCC(C)(C)C1. The lowest BCUT2D eigenvalue weighted by atomic mass is 9.93. The standard InChI is InChI=1S/C16H24N2/c1-16(2)8-9-18(11-16)14-10-12-6-4-5-7-13(12)15(14)17-3/h4-7,14-15,17H,8-11H2,1-3H3. The van der Waals surface area contributed by atoms with Crippen LogP contribution in [0.15, 0.2) is 24.3 Å². The van der Waals surface area contributed by atoms with E-state index in [9.17, 15) is 0 Å². The number of benzene rings is 1. The smallest absolute Gasteiger partial charge is 0.0481 e. The quantitative estimate of drug-likeness (QED) is 0.860. The van der Waals surface area contributed by atoms with Crippen LogP contribution in [0.25, 0.3) is 0 Å². The number of likely N-dealkylation sites (N-methyl/N-ethyl adjacent to an activating group) is 1. The molecule has 1 fully saturated rings. The van der Waals surface area contributed by atoms with Crippen molar-refractivity contribution in [1.29, 1.82) is 0 Å². The first kappa shape index (κ1) is 12.2. The van der Waals surface area contributed by atoms with Gasteiger partial charge in [0, 0.05) is 18.6 Å². The van der Waals surface area contributed by atoms with Gasteiger partial charge >= 0.3 is 0 Å². The predicted molar refractivity (Wildman–Crippen MR) is 75.7 cm³/mol. The topological polar surface area (TPSA) is 15.3 Å². The Bertz CT molecular complexity index is 438. The van der Waals surface area contributed by atoms with Crippen molar-refractivity contribution in [1.82, 2.24) is 10.2 Å². The molecule has 0 amide bonds. The molecule has 1 aromatic rings. The van der Waals surface area contributed by atoms with Crippen molar-refractivity contribution in [3.63, 3.8) is 0 Å². The third kappa shape index (κ3) is 1.98. The van der Waals surface area contributed by atoms with Crippen molar-refractivity contribution in [3.8, 4) is 0 Å². The van der Waals surface area contributed by atoms with Crippen LogP contribution in [0.4, 0.5) is 0 Å². The van der Waals surface area contributed by atoms with Gasteiger partial charge in [-0.15, -0.1) is 0 Å². The van der Waals surface area contributed by atoms with E-state index in [0.29, 0.717) is 17.5 Å². The Morgan fingerprint density at radius 2 is 2.06 bits per heavy atom. The lowest BCUT2D eigenvalue weighted by Gasteiger charge is -2.30. The molecule has 0 saturated carbocycles. The molecule has 0 radical (unpaired) electrons. The van der Waals surface area contributed by atoms with Crippen LogP contribution in [-0.2, 0) is 6.42 Å². The number of likely N-dealkylation sites (tertiary alicyclic amines) is 1. The van der Waals surface area contributed by atoms with Crippen molar-refractivity contribution < 1.29 is 0 Å². The molecule has 1 heterocycles. The van der Waals surface area contributed by atoms with E-state index < -0.39 is 0 Å². The summed E-state index contributed by atoms with van der Waals surface area (Å²) < 4.78 is 0. The first-order valence-electron chi connectivity index (χ1n) is 7.10. The third-order valence-corrected chi connectivity index (χ3v) is 4.69. The highest BCUT2D eigenvalue weighted by Crippen LogP contribution is 2.39. The summed E-state index contributed by atoms with van der Waals surface area (Å²) in [4.78, 5) is 2.70. The molecule has 2 heteroatoms. The summed E-state index contributed by atoms with van der Waals surface area (Å²) >= 11 is 0. The van der Waals surface area contributed by atoms with Gasteiger partial charge in [-0.2, -0.15) is 0 Å². The van der Waals surface area contributed by atoms with E-state index in [1.807, 2.05) is 0 Å². The van der Waals surface area contributed by atoms with Gasteiger partial charge in [0.15, 0.2) is 0 Å². The average molecular weight is 244 g/mol. The molecule has 1 saturated heterocycles. The Morgan fingerprint density at radius 1 is 1.28 bits per heavy atom. The highest BCUT2D eigenvalue weighted by atomic mass is 15.2. The summed E-state index contributed by atoms with van der Waals surface area (Å²) in [7, 11) is 2.10. The number of nitrogens with zero attached hydrogens (tertiary/aromatic N) is 1. The van der Waals surface area contributed by atoms with E-state index in [1.54, 1.807) is 0 Å². The van der Waals surface area contributed by atoms with Gasteiger partial charge in [0.25, 0.3) is 0 Å². The molecule has 1 N–H and O–H groups in total. The molecular weight excluding hydrogens is 220 g/mol. The molecule has 3 rings (SSSR count). The number of hydrogen-bond donors (Lipinski definition) is 1. The minimum absolute atomic E-state index is 0.493. The summed E-state index contributed by atoms with van der Waals surface area (Å²) in [6.07, 6.45) is 2.54. The average Bonchev–Trinajstić information content (AvgIpc) is 2.88. The van der Waals surface area contributed by atoms with Gasteiger partial charge in [-0.25, -0.2) is 0 Å². The molecule has 2 unspecified atom stereocenters. The van der Waals surface area contributed by atoms with Gasteiger partial charge in [-0.3, -0.25) is 4.90 Å². The lowest BCUT2D eigenvalue weighted by molar-refractivity contribution is 0.188. The van der Waals surface area contributed by atoms with Crippen LogP contribution in [0, 0.1) is 5.41 Å². The van der Waals surface area contributed by atoms with E-state index in [2.05, 4.69) is 55.4 Å². The van der Waals surface area contributed by atoms with Gasteiger partial charge in [-0.05, 0) is 43.0 Å². The highest BCUT2D eigenvalue weighted by Gasteiger charge is 2.40. The zero-order chi connectivity index (χ0) is 12.8. The number of nitrogens with one attached hydrogen (secondary N) is 1. The predicted octanol–water partition coefficient (Wildman–Crippen LogP) is 2.60. The monoisotopic (exact) mass is 244 g/mol. The van der Waals surface area contributed by atoms with Gasteiger partial charge < -0.3 is 5.32 Å². The normalized spacial score (nSPS) is 30.6. The number of rotatable bonds is 2. The zero-order valence-corrected chi connectivity index (χ0v) is 11.7. The van der Waals surface area contributed by atoms with Crippen molar-refractivity contribution in [3.05, 3.63) is 35.4 Å². The highest BCUT2D eigenvalue weighted by molar-refractivity contribution is 5.37. The zero-order valence-electron chi connectivity index (χ0n) is 11.7. The van der Waals surface area contributed by atoms with Gasteiger partial charge in [0.2, 0.25) is 0 Å². The molecular formula is C16H24N2. The Morgan fingerprint density at radius 3 is 2.72 bits per heavy atom. The molecule has 0 aromatic heterocycles. The molecule has 98 valence electrons. The van der Waals surface area contributed by atoms with Crippen LogP contribution in [0.3, 0.4) is 0 Å². The Kier molecular flexibility index (Phi) is 2.95. The summed E-state index contributed by atoms with van der Waals surface area (Å²) in [5.41, 5.74) is 3.54. The van der Waals surface area contributed by atoms with Gasteiger partial charge in [0.05, 0.1) is 0 Å². The maximum Gasteiger partial charge on any atom is 0.0481 e. The maximum atomic E-state index is 3.53. The fraction of sp³-hybridized carbons (Fsp3) is 0.625. The third-order valence-electron chi connectivity index (χ3n) is 4.69. The summed E-state index contributed by atoms with van der Waals surface area (Å²) in [6.45, 7) is 7.28. The summed E-state index contributed by atoms with van der Waals surface area (Å²) in [5.74, 6) is 0. The van der Waals surface area contributed by atoms with E-state index in [-0.39, 0.29) is 0 Å². The van der Waals surface area contributed by atoms with Crippen LogP contribution in [0.5, 0.6) is 0 Å². The van der Waals surface area contributed by atoms with Crippen molar-refractivity contribution in [2.45, 2.75) is 38.8 Å². The summed E-state index contributed by atoms with van der Waals surface area (Å²) in [5, 5.41) is 3.53. The van der Waals surface area contributed by atoms with Crippen molar-refractivity contribution >= 4 is 0 Å². The first-order valence-corrected chi connectivity index (χ1v) is 7.10. The molecule has 0 bridgehead atoms. The molecule has 1 aliphatic carbocycles. The van der Waals surface area contributed by atoms with Crippen LogP contribution >= 0.6 is 0 Å². The van der Waals surface area contributed by atoms with Crippen LogP contribution in [0.1, 0.15) is 37.4 Å². The molecule has 2 aliphatic rings. The van der Waals surface area contributed by atoms with Crippen LogP contribution < -0.4 is 5.32 Å². The van der Waals surface area contributed by atoms with Crippen LogP contribution in [0.2, 0.25) is 0 Å². The van der Waals surface area contributed by atoms with E-state index in [0.717, 1.165) is 0 Å². The second-order valence-corrected chi connectivity index (χ2v) is 6.62. The van der Waals surface area contributed by atoms with Crippen molar-refractivity contribution in [2.75, 3.05) is 20.1 Å². The first-order chi connectivity index (χ1) is 8.61. The molecule has 18 heavy (non-hydrogen) atoms. The Balaban J connectivity index is 1.84. The van der Waals surface area contributed by atoms with Crippen molar-refractivity contribution in [2.24, 2.45) is 5.41 Å². The maximum absolute atomic E-state index is 3.53.